The van der Waals surface area contributed by atoms with Crippen LogP contribution in [0.1, 0.15) is 69.0 Å². The highest BCUT2D eigenvalue weighted by Crippen LogP contribution is 2.35. The molecular weight excluding hydrogens is 246 g/mol. The van der Waals surface area contributed by atoms with E-state index in [1.54, 1.807) is 0 Å². The van der Waals surface area contributed by atoms with E-state index in [0.29, 0.717) is 6.04 Å². The second kappa shape index (κ2) is 8.31. The molecule has 0 fully saturated rings. The summed E-state index contributed by atoms with van der Waals surface area (Å²) in [5.41, 5.74) is 2.74. The Hall–Kier alpha value is -1.02. The fraction of sp³-hybridized carbons (Fsp3) is 0.667. The first-order chi connectivity index (χ1) is 9.86. The van der Waals surface area contributed by atoms with Crippen molar-refractivity contribution in [2.24, 2.45) is 0 Å². The molecule has 1 unspecified atom stereocenters. The lowest BCUT2D eigenvalue weighted by molar-refractivity contribution is 0.347. The first-order valence-corrected chi connectivity index (χ1v) is 8.28. The number of nitrogens with one attached hydrogen (secondary N) is 1. The molecule has 1 aliphatic heterocycles. The van der Waals surface area contributed by atoms with Crippen LogP contribution in [0.4, 0.5) is 0 Å². The van der Waals surface area contributed by atoms with E-state index in [-0.39, 0.29) is 0 Å². The molecule has 0 bridgehead atoms. The van der Waals surface area contributed by atoms with Gasteiger partial charge in [0.15, 0.2) is 0 Å². The predicted molar refractivity (Wildman–Crippen MR) is 85.4 cm³/mol. The summed E-state index contributed by atoms with van der Waals surface area (Å²) in [4.78, 5) is 0. The molecular formula is C18H29NO. The van der Waals surface area contributed by atoms with E-state index in [0.717, 1.165) is 18.8 Å². The van der Waals surface area contributed by atoms with Crippen LogP contribution in [0.3, 0.4) is 0 Å². The van der Waals surface area contributed by atoms with Crippen molar-refractivity contribution in [2.45, 2.75) is 64.3 Å². The summed E-state index contributed by atoms with van der Waals surface area (Å²) in [6, 6.07) is 7.04. The fourth-order valence-electron chi connectivity index (χ4n) is 3.10. The van der Waals surface area contributed by atoms with Gasteiger partial charge in [-0.3, -0.25) is 0 Å². The quantitative estimate of drug-likeness (QED) is 0.663. The molecule has 0 spiro atoms. The van der Waals surface area contributed by atoms with E-state index in [2.05, 4.69) is 37.5 Å². The van der Waals surface area contributed by atoms with Crippen molar-refractivity contribution in [2.75, 3.05) is 13.7 Å². The Kier molecular flexibility index (Phi) is 6.38. The average molecular weight is 275 g/mol. The van der Waals surface area contributed by atoms with Gasteiger partial charge in [0, 0.05) is 18.0 Å². The van der Waals surface area contributed by atoms with Crippen LogP contribution >= 0.6 is 0 Å². The van der Waals surface area contributed by atoms with Crippen molar-refractivity contribution in [3.05, 3.63) is 29.3 Å². The second-order valence-corrected chi connectivity index (χ2v) is 5.83. The molecule has 0 aromatic heterocycles. The topological polar surface area (TPSA) is 21.3 Å². The minimum Gasteiger partial charge on any atom is -0.493 e. The van der Waals surface area contributed by atoms with Gasteiger partial charge in [-0.05, 0) is 19.0 Å². The van der Waals surface area contributed by atoms with Gasteiger partial charge in [0.1, 0.15) is 5.75 Å². The highest BCUT2D eigenvalue weighted by Gasteiger charge is 2.20. The lowest BCUT2D eigenvalue weighted by atomic mass is 9.97. The highest BCUT2D eigenvalue weighted by atomic mass is 16.5. The maximum Gasteiger partial charge on any atom is 0.127 e. The summed E-state index contributed by atoms with van der Waals surface area (Å²) in [5, 5.41) is 3.47. The van der Waals surface area contributed by atoms with Gasteiger partial charge in [0.2, 0.25) is 0 Å². The lowest BCUT2D eigenvalue weighted by Crippen LogP contribution is -2.17. The monoisotopic (exact) mass is 275 g/mol. The Morgan fingerprint density at radius 1 is 1.15 bits per heavy atom. The average Bonchev–Trinajstić information content (AvgIpc) is 2.95. The fourth-order valence-corrected chi connectivity index (χ4v) is 3.10. The van der Waals surface area contributed by atoms with Crippen LogP contribution in [0, 0.1) is 0 Å². The number of para-hydroxylation sites is 1. The smallest absolute Gasteiger partial charge is 0.127 e. The summed E-state index contributed by atoms with van der Waals surface area (Å²) >= 11 is 0. The first-order valence-electron chi connectivity index (χ1n) is 8.28. The zero-order valence-electron chi connectivity index (χ0n) is 13.1. The zero-order chi connectivity index (χ0) is 14.2. The number of unbranched alkanes of at least 4 members (excludes halogenated alkanes) is 5. The molecule has 0 aliphatic carbocycles. The number of ether oxygens (including phenoxy) is 1. The normalized spacial score (nSPS) is 14.9. The minimum atomic E-state index is 0.439. The third-order valence-corrected chi connectivity index (χ3v) is 4.32. The van der Waals surface area contributed by atoms with E-state index < -0.39 is 0 Å². The molecule has 0 amide bonds. The van der Waals surface area contributed by atoms with E-state index in [4.69, 9.17) is 4.74 Å². The van der Waals surface area contributed by atoms with Crippen LogP contribution < -0.4 is 10.1 Å². The molecule has 112 valence electrons. The van der Waals surface area contributed by atoms with Crippen molar-refractivity contribution in [1.82, 2.24) is 5.32 Å². The van der Waals surface area contributed by atoms with Crippen molar-refractivity contribution < 1.29 is 4.74 Å². The largest absolute Gasteiger partial charge is 0.493 e. The first kappa shape index (κ1) is 15.4. The molecule has 0 saturated carbocycles. The molecule has 1 aliphatic rings. The van der Waals surface area contributed by atoms with E-state index in [1.165, 1.54) is 56.1 Å². The number of hydrogen-bond donors (Lipinski definition) is 1. The Balaban J connectivity index is 1.84. The number of hydrogen-bond acceptors (Lipinski definition) is 2. The summed E-state index contributed by atoms with van der Waals surface area (Å²) in [7, 11) is 2.07. The predicted octanol–water partition coefficient (Wildman–Crippen LogP) is 4.63. The van der Waals surface area contributed by atoms with Gasteiger partial charge in [-0.2, -0.15) is 0 Å². The molecule has 20 heavy (non-hydrogen) atoms. The molecule has 2 nitrogen and oxygen atoms in total. The highest BCUT2D eigenvalue weighted by molar-refractivity contribution is 5.45. The third kappa shape index (κ3) is 3.99. The molecule has 0 radical (unpaired) electrons. The van der Waals surface area contributed by atoms with E-state index >= 15 is 0 Å². The molecule has 1 aromatic rings. The van der Waals surface area contributed by atoms with Crippen LogP contribution in [-0.2, 0) is 6.42 Å². The van der Waals surface area contributed by atoms with Gasteiger partial charge in [-0.1, -0.05) is 63.6 Å². The summed E-state index contributed by atoms with van der Waals surface area (Å²) in [5.74, 6) is 1.15. The number of fused-ring (bicyclic) bond motifs is 1. The van der Waals surface area contributed by atoms with Crippen LogP contribution in [-0.4, -0.2) is 13.7 Å². The van der Waals surface area contributed by atoms with Crippen LogP contribution in [0.5, 0.6) is 5.75 Å². The lowest BCUT2D eigenvalue weighted by Gasteiger charge is -2.19. The van der Waals surface area contributed by atoms with E-state index in [9.17, 15) is 0 Å². The summed E-state index contributed by atoms with van der Waals surface area (Å²) in [6.07, 6.45) is 10.4. The number of benzene rings is 1. The van der Waals surface area contributed by atoms with Crippen LogP contribution in [0.2, 0.25) is 0 Å². The minimum absolute atomic E-state index is 0.439. The van der Waals surface area contributed by atoms with E-state index in [1.807, 2.05) is 0 Å². The van der Waals surface area contributed by atoms with Gasteiger partial charge in [0.25, 0.3) is 0 Å². The second-order valence-electron chi connectivity index (χ2n) is 5.83. The van der Waals surface area contributed by atoms with Gasteiger partial charge in [-0.25, -0.2) is 0 Å². The maximum atomic E-state index is 5.83. The molecule has 1 heterocycles. The van der Waals surface area contributed by atoms with Crippen LogP contribution in [0.15, 0.2) is 18.2 Å². The standard InChI is InChI=1S/C18H29NO/c1-3-4-5-6-7-8-12-17(19-2)16-11-9-10-15-13-14-20-18(15)16/h9-11,17,19H,3-8,12-14H2,1-2H3. The molecule has 1 atom stereocenters. The van der Waals surface area contributed by atoms with Crippen molar-refractivity contribution in [1.29, 1.82) is 0 Å². The van der Waals surface area contributed by atoms with Crippen molar-refractivity contribution >= 4 is 0 Å². The van der Waals surface area contributed by atoms with Crippen LogP contribution in [0.25, 0.3) is 0 Å². The van der Waals surface area contributed by atoms with Gasteiger partial charge < -0.3 is 10.1 Å². The molecule has 1 N–H and O–H groups in total. The van der Waals surface area contributed by atoms with Gasteiger partial charge in [-0.15, -0.1) is 0 Å². The summed E-state index contributed by atoms with van der Waals surface area (Å²) in [6.45, 7) is 3.12. The Labute approximate surface area is 123 Å². The number of rotatable bonds is 9. The Morgan fingerprint density at radius 2 is 1.95 bits per heavy atom. The Bertz CT molecular complexity index is 402. The van der Waals surface area contributed by atoms with Crippen molar-refractivity contribution in [3.8, 4) is 5.75 Å². The third-order valence-electron chi connectivity index (χ3n) is 4.32. The molecule has 2 heteroatoms. The summed E-state index contributed by atoms with van der Waals surface area (Å²) < 4.78 is 5.83. The Morgan fingerprint density at radius 3 is 2.75 bits per heavy atom. The molecule has 0 saturated heterocycles. The van der Waals surface area contributed by atoms with Crippen molar-refractivity contribution in [3.63, 3.8) is 0 Å². The SMILES string of the molecule is CCCCCCCCC(NC)c1cccc2c1OCC2. The van der Waals surface area contributed by atoms with Gasteiger partial charge >= 0.3 is 0 Å². The maximum absolute atomic E-state index is 5.83. The molecule has 1 aromatic carbocycles. The molecule has 2 rings (SSSR count). The zero-order valence-corrected chi connectivity index (χ0v) is 13.1. The van der Waals surface area contributed by atoms with Gasteiger partial charge in [0.05, 0.1) is 6.61 Å².